The van der Waals surface area contributed by atoms with Gasteiger partial charge in [0.2, 0.25) is 11.8 Å². The molecule has 0 aromatic heterocycles. The number of carboxylic acids is 2. The molecule has 0 aliphatic heterocycles. The normalized spacial score (nSPS) is 12.4. The number of carbonyl (C=O) groups excluding carboxylic acids is 3. The standard InChI is InChI=1S/C15H26N4O7S/c1-3-19(4-2)15(26)18-9(14(24)25)5-6-11(20)17-10(8-27)13(23)16-7-12(21)22/h9-10,27H,3-8H2,1-2H3,(H,16,23)(H,17,20)(H,18,26)(H,21,22)(H,24,25)/t9-,10-/m0/s1. The third-order valence-electron chi connectivity index (χ3n) is 3.55. The van der Waals surface area contributed by atoms with Crippen molar-refractivity contribution in [2.45, 2.75) is 38.8 Å². The largest absolute Gasteiger partial charge is 0.480 e. The number of carbonyl (C=O) groups is 5. The van der Waals surface area contributed by atoms with Gasteiger partial charge in [0, 0.05) is 25.3 Å². The van der Waals surface area contributed by atoms with Crippen LogP contribution in [0.1, 0.15) is 26.7 Å². The molecule has 0 saturated heterocycles. The molecule has 4 amide bonds. The number of nitrogens with zero attached hydrogens (tertiary/aromatic N) is 1. The van der Waals surface area contributed by atoms with Crippen molar-refractivity contribution in [1.29, 1.82) is 0 Å². The van der Waals surface area contributed by atoms with Crippen molar-refractivity contribution in [3.63, 3.8) is 0 Å². The summed E-state index contributed by atoms with van der Waals surface area (Å²) in [4.78, 5) is 58.8. The number of aliphatic carboxylic acids is 2. The molecule has 0 aliphatic rings. The molecule has 0 saturated carbocycles. The van der Waals surface area contributed by atoms with E-state index in [2.05, 4.69) is 28.6 Å². The van der Waals surface area contributed by atoms with Crippen molar-refractivity contribution < 1.29 is 34.2 Å². The molecule has 0 aliphatic carbocycles. The van der Waals surface area contributed by atoms with Crippen molar-refractivity contribution in [3.8, 4) is 0 Å². The lowest BCUT2D eigenvalue weighted by Crippen LogP contribution is -2.50. The Hall–Kier alpha value is -2.50. The highest BCUT2D eigenvalue weighted by Gasteiger charge is 2.24. The summed E-state index contributed by atoms with van der Waals surface area (Å²) in [6.45, 7) is 3.71. The Morgan fingerprint density at radius 2 is 1.59 bits per heavy atom. The Morgan fingerprint density at radius 3 is 2.04 bits per heavy atom. The molecule has 5 N–H and O–H groups in total. The quantitative estimate of drug-likeness (QED) is 0.224. The minimum Gasteiger partial charge on any atom is -0.480 e. The third kappa shape index (κ3) is 9.68. The van der Waals surface area contributed by atoms with Crippen molar-refractivity contribution in [1.82, 2.24) is 20.9 Å². The molecule has 27 heavy (non-hydrogen) atoms. The lowest BCUT2D eigenvalue weighted by molar-refractivity contribution is -0.139. The SMILES string of the molecule is CCN(CC)C(=O)N[C@@H](CCC(=O)N[C@@H](CS)C(=O)NCC(=O)O)C(=O)O. The first-order valence-corrected chi connectivity index (χ1v) is 8.97. The summed E-state index contributed by atoms with van der Waals surface area (Å²) in [5.74, 6) is -3.93. The highest BCUT2D eigenvalue weighted by molar-refractivity contribution is 7.80. The first-order chi connectivity index (χ1) is 12.7. The van der Waals surface area contributed by atoms with Gasteiger partial charge in [-0.25, -0.2) is 9.59 Å². The number of amides is 4. The van der Waals surface area contributed by atoms with Crippen LogP contribution in [0.25, 0.3) is 0 Å². The molecule has 11 nitrogen and oxygen atoms in total. The average Bonchev–Trinajstić information content (AvgIpc) is 2.61. The molecule has 0 bridgehead atoms. The van der Waals surface area contributed by atoms with Crippen LogP contribution >= 0.6 is 12.6 Å². The molecule has 0 unspecified atom stereocenters. The lowest BCUT2D eigenvalue weighted by atomic mass is 10.1. The zero-order valence-corrected chi connectivity index (χ0v) is 16.1. The number of hydrogen-bond donors (Lipinski definition) is 6. The van der Waals surface area contributed by atoms with Gasteiger partial charge in [-0.15, -0.1) is 0 Å². The van der Waals surface area contributed by atoms with Crippen molar-refractivity contribution in [2.75, 3.05) is 25.4 Å². The summed E-state index contributed by atoms with van der Waals surface area (Å²) in [5.41, 5.74) is 0. The second-order valence-corrected chi connectivity index (χ2v) is 5.83. The van der Waals surface area contributed by atoms with Crippen LogP contribution in [-0.4, -0.2) is 82.4 Å². The average molecular weight is 406 g/mol. The zero-order valence-electron chi connectivity index (χ0n) is 15.2. The molecule has 0 fully saturated rings. The van der Waals surface area contributed by atoms with E-state index in [-0.39, 0.29) is 18.6 Å². The van der Waals surface area contributed by atoms with Gasteiger partial charge in [0.1, 0.15) is 18.6 Å². The van der Waals surface area contributed by atoms with E-state index in [9.17, 15) is 29.1 Å². The Labute approximate surface area is 162 Å². The van der Waals surface area contributed by atoms with Crippen LogP contribution in [0.3, 0.4) is 0 Å². The first-order valence-electron chi connectivity index (χ1n) is 8.34. The number of carboxylic acid groups (broad SMARTS) is 2. The van der Waals surface area contributed by atoms with Crippen molar-refractivity contribution in [3.05, 3.63) is 0 Å². The van der Waals surface area contributed by atoms with Gasteiger partial charge in [0.15, 0.2) is 0 Å². The van der Waals surface area contributed by atoms with Gasteiger partial charge in [-0.05, 0) is 20.3 Å². The molecule has 0 rings (SSSR count). The van der Waals surface area contributed by atoms with E-state index in [0.29, 0.717) is 13.1 Å². The summed E-state index contributed by atoms with van der Waals surface area (Å²) in [6, 6.07) is -2.87. The summed E-state index contributed by atoms with van der Waals surface area (Å²) < 4.78 is 0. The van der Waals surface area contributed by atoms with E-state index in [1.165, 1.54) is 4.90 Å². The Balaban J connectivity index is 4.63. The van der Waals surface area contributed by atoms with Gasteiger partial charge in [0.05, 0.1) is 0 Å². The van der Waals surface area contributed by atoms with Gasteiger partial charge in [-0.3, -0.25) is 14.4 Å². The number of urea groups is 1. The lowest BCUT2D eigenvalue weighted by Gasteiger charge is -2.22. The molecule has 0 radical (unpaired) electrons. The summed E-state index contributed by atoms with van der Waals surface area (Å²) in [5, 5.41) is 24.5. The van der Waals surface area contributed by atoms with Crippen LogP contribution < -0.4 is 16.0 Å². The highest BCUT2D eigenvalue weighted by atomic mass is 32.1. The fraction of sp³-hybridized carbons (Fsp3) is 0.667. The van der Waals surface area contributed by atoms with E-state index in [1.54, 1.807) is 13.8 Å². The van der Waals surface area contributed by atoms with Gasteiger partial charge in [-0.1, -0.05) is 0 Å². The Morgan fingerprint density at radius 1 is 1.00 bits per heavy atom. The maximum atomic E-state index is 12.0. The van der Waals surface area contributed by atoms with Crippen molar-refractivity contribution >= 4 is 42.4 Å². The summed E-state index contributed by atoms with van der Waals surface area (Å²) in [6.07, 6.45) is -0.434. The van der Waals surface area contributed by atoms with Crippen LogP contribution in [0.4, 0.5) is 4.79 Å². The summed E-state index contributed by atoms with van der Waals surface area (Å²) >= 11 is 3.93. The molecular weight excluding hydrogens is 380 g/mol. The van der Waals surface area contributed by atoms with E-state index >= 15 is 0 Å². The van der Waals surface area contributed by atoms with Gasteiger partial charge in [-0.2, -0.15) is 12.6 Å². The smallest absolute Gasteiger partial charge is 0.326 e. The van der Waals surface area contributed by atoms with Crippen LogP contribution in [-0.2, 0) is 19.2 Å². The van der Waals surface area contributed by atoms with E-state index in [1.807, 2.05) is 0 Å². The molecular formula is C15H26N4O7S. The molecule has 0 heterocycles. The Kier molecular flexibility index (Phi) is 11.6. The number of nitrogens with one attached hydrogen (secondary N) is 3. The zero-order chi connectivity index (χ0) is 21.0. The van der Waals surface area contributed by atoms with Gasteiger partial charge < -0.3 is 31.1 Å². The topological polar surface area (TPSA) is 165 Å². The van der Waals surface area contributed by atoms with Crippen LogP contribution in [0.5, 0.6) is 0 Å². The first kappa shape index (κ1) is 24.5. The van der Waals surface area contributed by atoms with Crippen molar-refractivity contribution in [2.24, 2.45) is 0 Å². The fourth-order valence-corrected chi connectivity index (χ4v) is 2.29. The van der Waals surface area contributed by atoms with Crippen LogP contribution in [0.15, 0.2) is 0 Å². The summed E-state index contributed by atoms with van der Waals surface area (Å²) in [7, 11) is 0. The molecule has 0 aromatic rings. The van der Waals surface area contributed by atoms with Gasteiger partial charge in [0.25, 0.3) is 0 Å². The number of rotatable bonds is 12. The number of thiol groups is 1. The van der Waals surface area contributed by atoms with Gasteiger partial charge >= 0.3 is 18.0 Å². The predicted octanol–water partition coefficient (Wildman–Crippen LogP) is -1.11. The van der Waals surface area contributed by atoms with E-state index in [4.69, 9.17) is 5.11 Å². The van der Waals surface area contributed by atoms with E-state index < -0.39 is 48.4 Å². The number of hydrogen-bond acceptors (Lipinski definition) is 6. The molecule has 2 atom stereocenters. The molecule has 0 aromatic carbocycles. The predicted molar refractivity (Wildman–Crippen MR) is 98.5 cm³/mol. The maximum Gasteiger partial charge on any atom is 0.326 e. The fourth-order valence-electron chi connectivity index (χ4n) is 2.03. The third-order valence-corrected chi connectivity index (χ3v) is 3.92. The Bertz CT molecular complexity index is 554. The van der Waals surface area contributed by atoms with Crippen LogP contribution in [0.2, 0.25) is 0 Å². The second kappa shape index (κ2) is 12.8. The highest BCUT2D eigenvalue weighted by Crippen LogP contribution is 2.01. The van der Waals surface area contributed by atoms with E-state index in [0.717, 1.165) is 0 Å². The molecule has 12 heteroatoms. The maximum absolute atomic E-state index is 12.0. The minimum atomic E-state index is -1.28. The molecule has 154 valence electrons. The van der Waals surface area contributed by atoms with Crippen LogP contribution in [0, 0.1) is 0 Å². The molecule has 0 spiro atoms. The second-order valence-electron chi connectivity index (χ2n) is 5.47. The monoisotopic (exact) mass is 406 g/mol. The minimum absolute atomic E-state index is 0.0712.